The van der Waals surface area contributed by atoms with Crippen molar-refractivity contribution < 1.29 is 9.59 Å². The molecule has 0 saturated heterocycles. The number of halogens is 2. The van der Waals surface area contributed by atoms with E-state index in [4.69, 9.17) is 11.6 Å². The van der Waals surface area contributed by atoms with E-state index in [0.717, 1.165) is 5.33 Å². The minimum atomic E-state index is -0.477. The molecule has 2 rings (SSSR count). The molecule has 0 radical (unpaired) electrons. The summed E-state index contributed by atoms with van der Waals surface area (Å²) in [6.45, 7) is 4.70. The van der Waals surface area contributed by atoms with Gasteiger partial charge in [0, 0.05) is 11.9 Å². The van der Waals surface area contributed by atoms with Crippen LogP contribution in [0.2, 0.25) is 5.02 Å². The maximum Gasteiger partial charge on any atom is 0.299 e. The molecule has 1 aromatic rings. The van der Waals surface area contributed by atoms with Gasteiger partial charge in [0.25, 0.3) is 11.7 Å². The number of amides is 1. The fourth-order valence-electron chi connectivity index (χ4n) is 2.16. The summed E-state index contributed by atoms with van der Waals surface area (Å²) < 4.78 is 0. The summed E-state index contributed by atoms with van der Waals surface area (Å²) in [5, 5.41) is 1.23. The Morgan fingerprint density at radius 2 is 2.00 bits per heavy atom. The molecule has 0 fully saturated rings. The molecule has 1 unspecified atom stereocenters. The topological polar surface area (TPSA) is 37.4 Å². The van der Waals surface area contributed by atoms with Gasteiger partial charge in [0.2, 0.25) is 0 Å². The van der Waals surface area contributed by atoms with Crippen molar-refractivity contribution >= 4 is 44.9 Å². The Morgan fingerprint density at radius 1 is 1.32 bits per heavy atom. The van der Waals surface area contributed by atoms with Crippen LogP contribution < -0.4 is 4.90 Å². The van der Waals surface area contributed by atoms with Crippen molar-refractivity contribution in [2.24, 2.45) is 11.8 Å². The molecule has 102 valence electrons. The highest BCUT2D eigenvalue weighted by molar-refractivity contribution is 9.09. The van der Waals surface area contributed by atoms with E-state index >= 15 is 0 Å². The summed E-state index contributed by atoms with van der Waals surface area (Å²) in [4.78, 5) is 25.5. The largest absolute Gasteiger partial charge is 0.303 e. The smallest absolute Gasteiger partial charge is 0.299 e. The lowest BCUT2D eigenvalue weighted by molar-refractivity contribution is -0.114. The molecule has 0 N–H and O–H groups in total. The van der Waals surface area contributed by atoms with Crippen molar-refractivity contribution in [3.63, 3.8) is 0 Å². The highest BCUT2D eigenvalue weighted by Crippen LogP contribution is 2.36. The number of nitrogens with zero attached hydrogens (tertiary/aromatic N) is 1. The monoisotopic (exact) mass is 343 g/mol. The number of hydrogen-bond acceptors (Lipinski definition) is 2. The lowest BCUT2D eigenvalue weighted by atomic mass is 9.97. The fraction of sp³-hybridized carbons (Fsp3) is 0.429. The number of para-hydroxylation sites is 1. The molecule has 1 heterocycles. The zero-order valence-electron chi connectivity index (χ0n) is 10.8. The minimum Gasteiger partial charge on any atom is -0.303 e. The first kappa shape index (κ1) is 14.5. The number of rotatable bonds is 4. The van der Waals surface area contributed by atoms with E-state index in [1.54, 1.807) is 18.2 Å². The van der Waals surface area contributed by atoms with Gasteiger partial charge in [-0.15, -0.1) is 0 Å². The van der Waals surface area contributed by atoms with Gasteiger partial charge in [-0.25, -0.2) is 0 Å². The van der Waals surface area contributed by atoms with Crippen molar-refractivity contribution in [2.45, 2.75) is 13.8 Å². The molecule has 0 aromatic heterocycles. The Balaban J connectivity index is 2.38. The van der Waals surface area contributed by atoms with Crippen LogP contribution in [-0.4, -0.2) is 23.6 Å². The van der Waals surface area contributed by atoms with Crippen LogP contribution in [-0.2, 0) is 4.79 Å². The SMILES string of the molecule is CC(C)C(CBr)CN1C(=O)C(=O)c2cccc(Cl)c21. The van der Waals surface area contributed by atoms with Gasteiger partial charge in [0.05, 0.1) is 16.3 Å². The standard InChI is InChI=1S/C14H15BrClNO2/c1-8(2)9(6-15)7-17-12-10(13(18)14(17)19)4-3-5-11(12)16/h3-5,8-9H,6-7H2,1-2H3. The molecule has 1 amide bonds. The summed E-state index contributed by atoms with van der Waals surface area (Å²) in [5.41, 5.74) is 0.973. The number of benzene rings is 1. The predicted molar refractivity (Wildman–Crippen MR) is 80.3 cm³/mol. The van der Waals surface area contributed by atoms with Gasteiger partial charge in [-0.3, -0.25) is 9.59 Å². The molecule has 5 heteroatoms. The summed E-state index contributed by atoms with van der Waals surface area (Å²) in [7, 11) is 0. The average Bonchev–Trinajstić information content (AvgIpc) is 2.61. The number of alkyl halides is 1. The molecule has 1 aliphatic heterocycles. The fourth-order valence-corrected chi connectivity index (χ4v) is 3.39. The molecule has 1 aliphatic rings. The van der Waals surface area contributed by atoms with E-state index in [-0.39, 0.29) is 5.92 Å². The Labute approximate surface area is 126 Å². The summed E-state index contributed by atoms with van der Waals surface area (Å²) in [6, 6.07) is 5.05. The first-order valence-corrected chi connectivity index (χ1v) is 7.68. The van der Waals surface area contributed by atoms with Gasteiger partial charge >= 0.3 is 0 Å². The van der Waals surface area contributed by atoms with Crippen molar-refractivity contribution in [1.29, 1.82) is 0 Å². The molecule has 1 atom stereocenters. The van der Waals surface area contributed by atoms with Crippen LogP contribution in [0.1, 0.15) is 24.2 Å². The molecule has 19 heavy (non-hydrogen) atoms. The van der Waals surface area contributed by atoms with E-state index in [1.807, 2.05) is 0 Å². The third-order valence-electron chi connectivity index (χ3n) is 3.50. The zero-order valence-corrected chi connectivity index (χ0v) is 13.2. The normalized spacial score (nSPS) is 16.2. The summed E-state index contributed by atoms with van der Waals surface area (Å²) >= 11 is 9.60. The van der Waals surface area contributed by atoms with E-state index in [0.29, 0.717) is 28.7 Å². The maximum atomic E-state index is 12.1. The molecule has 0 spiro atoms. The quantitative estimate of drug-likeness (QED) is 0.619. The number of ketones is 1. The van der Waals surface area contributed by atoms with Crippen LogP contribution in [0.5, 0.6) is 0 Å². The summed E-state index contributed by atoms with van der Waals surface area (Å²) in [5.74, 6) is -0.253. The predicted octanol–water partition coefficient (Wildman–Crippen LogP) is 3.54. The zero-order chi connectivity index (χ0) is 14.2. The number of fused-ring (bicyclic) bond motifs is 1. The van der Waals surface area contributed by atoms with Gasteiger partial charge in [-0.2, -0.15) is 0 Å². The lowest BCUT2D eigenvalue weighted by Crippen LogP contribution is -2.36. The van der Waals surface area contributed by atoms with Crippen LogP contribution in [0.25, 0.3) is 0 Å². The van der Waals surface area contributed by atoms with Gasteiger partial charge in [0.1, 0.15) is 0 Å². The first-order valence-electron chi connectivity index (χ1n) is 6.18. The van der Waals surface area contributed by atoms with Gasteiger partial charge in [0.15, 0.2) is 0 Å². The van der Waals surface area contributed by atoms with E-state index in [2.05, 4.69) is 29.8 Å². The Kier molecular flexibility index (Phi) is 4.31. The highest BCUT2D eigenvalue weighted by atomic mass is 79.9. The van der Waals surface area contributed by atoms with Crippen molar-refractivity contribution in [1.82, 2.24) is 0 Å². The number of carbonyl (C=O) groups excluding carboxylic acids is 2. The van der Waals surface area contributed by atoms with E-state index in [9.17, 15) is 9.59 Å². The van der Waals surface area contributed by atoms with Gasteiger partial charge in [-0.1, -0.05) is 47.4 Å². The van der Waals surface area contributed by atoms with Crippen LogP contribution in [0.4, 0.5) is 5.69 Å². The average molecular weight is 345 g/mol. The van der Waals surface area contributed by atoms with Gasteiger partial charge < -0.3 is 4.90 Å². The van der Waals surface area contributed by atoms with Crippen LogP contribution in [0.15, 0.2) is 18.2 Å². The van der Waals surface area contributed by atoms with Crippen molar-refractivity contribution in [3.8, 4) is 0 Å². The summed E-state index contributed by atoms with van der Waals surface area (Å²) in [6.07, 6.45) is 0. The Hall–Kier alpha value is -0.870. The van der Waals surface area contributed by atoms with Crippen LogP contribution >= 0.6 is 27.5 Å². The first-order chi connectivity index (χ1) is 8.97. The molecule has 1 aromatic carbocycles. The maximum absolute atomic E-state index is 12.1. The second-order valence-electron chi connectivity index (χ2n) is 5.04. The molecular formula is C14H15BrClNO2. The number of Topliss-reactive ketones (excluding diaryl/α,β-unsaturated/α-hetero) is 1. The second-order valence-corrected chi connectivity index (χ2v) is 6.09. The Morgan fingerprint density at radius 3 is 2.58 bits per heavy atom. The number of anilines is 1. The van der Waals surface area contributed by atoms with E-state index in [1.165, 1.54) is 4.90 Å². The lowest BCUT2D eigenvalue weighted by Gasteiger charge is -2.25. The second kappa shape index (κ2) is 5.63. The molecule has 0 bridgehead atoms. The third-order valence-corrected chi connectivity index (χ3v) is 4.64. The highest BCUT2D eigenvalue weighted by Gasteiger charge is 2.38. The van der Waals surface area contributed by atoms with Crippen molar-refractivity contribution in [3.05, 3.63) is 28.8 Å². The minimum absolute atomic E-state index is 0.277. The van der Waals surface area contributed by atoms with Crippen LogP contribution in [0.3, 0.4) is 0 Å². The third kappa shape index (κ3) is 2.56. The molecule has 3 nitrogen and oxygen atoms in total. The van der Waals surface area contributed by atoms with E-state index < -0.39 is 11.7 Å². The van der Waals surface area contributed by atoms with Crippen LogP contribution in [0, 0.1) is 11.8 Å². The Bertz CT molecular complexity index is 530. The molecule has 0 aliphatic carbocycles. The molecular weight excluding hydrogens is 330 g/mol. The van der Waals surface area contributed by atoms with Crippen molar-refractivity contribution in [2.75, 3.05) is 16.8 Å². The molecule has 0 saturated carbocycles. The number of hydrogen-bond donors (Lipinski definition) is 0. The number of carbonyl (C=O) groups is 2. The van der Waals surface area contributed by atoms with Gasteiger partial charge in [-0.05, 0) is 24.0 Å².